The van der Waals surface area contributed by atoms with E-state index in [1.54, 1.807) is 0 Å². The number of likely N-dealkylation sites (tertiary alicyclic amines) is 1. The first-order valence-electron chi connectivity index (χ1n) is 6.64. The Morgan fingerprint density at radius 1 is 1.33 bits per heavy atom. The molecule has 3 heteroatoms. The molecule has 0 radical (unpaired) electrons. The number of carbonyl (C=O) groups is 1. The van der Waals surface area contributed by atoms with Crippen molar-refractivity contribution < 1.29 is 9.90 Å². The number of piperidine rings is 1. The van der Waals surface area contributed by atoms with Crippen molar-refractivity contribution in [2.75, 3.05) is 6.54 Å². The highest BCUT2D eigenvalue weighted by Crippen LogP contribution is 2.28. The summed E-state index contributed by atoms with van der Waals surface area (Å²) in [6.07, 6.45) is 3.40. The zero-order valence-corrected chi connectivity index (χ0v) is 11.1. The molecule has 0 amide bonds. The summed E-state index contributed by atoms with van der Waals surface area (Å²) in [5.41, 5.74) is 2.05. The van der Waals surface area contributed by atoms with Gasteiger partial charge in [0.2, 0.25) is 0 Å². The Morgan fingerprint density at radius 3 is 2.56 bits per heavy atom. The van der Waals surface area contributed by atoms with Crippen LogP contribution in [-0.2, 0) is 4.79 Å². The second-order valence-electron chi connectivity index (χ2n) is 5.23. The molecule has 2 unspecified atom stereocenters. The van der Waals surface area contributed by atoms with Gasteiger partial charge in [-0.05, 0) is 38.8 Å². The zero-order chi connectivity index (χ0) is 13.1. The maximum absolute atomic E-state index is 11.6. The Bertz CT molecular complexity index is 413. The van der Waals surface area contributed by atoms with Crippen molar-refractivity contribution in [1.82, 2.24) is 4.90 Å². The SMILES string of the molecule is Cc1ccc(C(C(=O)O)N2CCCCC2C)cc1. The summed E-state index contributed by atoms with van der Waals surface area (Å²) in [6.45, 7) is 5.03. The van der Waals surface area contributed by atoms with E-state index in [0.717, 1.165) is 30.5 Å². The summed E-state index contributed by atoms with van der Waals surface area (Å²) >= 11 is 0. The van der Waals surface area contributed by atoms with Crippen LogP contribution in [-0.4, -0.2) is 28.6 Å². The Kier molecular flexibility index (Phi) is 4.02. The lowest BCUT2D eigenvalue weighted by Crippen LogP contribution is -2.43. The first kappa shape index (κ1) is 13.1. The van der Waals surface area contributed by atoms with Crippen LogP contribution in [0.4, 0.5) is 0 Å². The van der Waals surface area contributed by atoms with Crippen LogP contribution < -0.4 is 0 Å². The lowest BCUT2D eigenvalue weighted by Gasteiger charge is -2.37. The van der Waals surface area contributed by atoms with Gasteiger partial charge in [0.15, 0.2) is 0 Å². The van der Waals surface area contributed by atoms with Gasteiger partial charge in [0.05, 0.1) is 0 Å². The maximum Gasteiger partial charge on any atom is 0.325 e. The van der Waals surface area contributed by atoms with E-state index < -0.39 is 12.0 Å². The molecule has 0 saturated carbocycles. The molecule has 1 aliphatic heterocycles. The van der Waals surface area contributed by atoms with Crippen molar-refractivity contribution in [3.63, 3.8) is 0 Å². The fourth-order valence-electron chi connectivity index (χ4n) is 2.73. The summed E-state index contributed by atoms with van der Waals surface area (Å²) in [4.78, 5) is 13.7. The molecular weight excluding hydrogens is 226 g/mol. The van der Waals surface area contributed by atoms with Gasteiger partial charge in [-0.15, -0.1) is 0 Å². The highest BCUT2D eigenvalue weighted by atomic mass is 16.4. The molecule has 1 fully saturated rings. The molecule has 2 atom stereocenters. The monoisotopic (exact) mass is 247 g/mol. The zero-order valence-electron chi connectivity index (χ0n) is 11.1. The van der Waals surface area contributed by atoms with E-state index in [1.165, 1.54) is 6.42 Å². The molecule has 1 aromatic rings. The predicted octanol–water partition coefficient (Wildman–Crippen LogP) is 3.00. The number of hydrogen-bond donors (Lipinski definition) is 1. The van der Waals surface area contributed by atoms with Gasteiger partial charge in [-0.2, -0.15) is 0 Å². The molecule has 18 heavy (non-hydrogen) atoms. The molecule has 0 aliphatic carbocycles. The fraction of sp³-hybridized carbons (Fsp3) is 0.533. The van der Waals surface area contributed by atoms with E-state index in [-0.39, 0.29) is 0 Å². The number of hydrogen-bond acceptors (Lipinski definition) is 2. The molecule has 98 valence electrons. The number of carboxylic acids is 1. The Morgan fingerprint density at radius 2 is 2.00 bits per heavy atom. The minimum absolute atomic E-state index is 0.348. The van der Waals surface area contributed by atoms with Crippen LogP contribution in [0.25, 0.3) is 0 Å². The molecule has 0 spiro atoms. The summed E-state index contributed by atoms with van der Waals surface area (Å²) in [5, 5.41) is 9.52. The second kappa shape index (κ2) is 5.53. The first-order valence-corrected chi connectivity index (χ1v) is 6.64. The van der Waals surface area contributed by atoms with Crippen LogP contribution in [0.1, 0.15) is 43.4 Å². The molecule has 0 aromatic heterocycles. The van der Waals surface area contributed by atoms with Crippen molar-refractivity contribution in [2.45, 2.75) is 45.2 Å². The van der Waals surface area contributed by atoms with Gasteiger partial charge in [-0.25, -0.2) is 0 Å². The lowest BCUT2D eigenvalue weighted by atomic mass is 9.97. The number of aryl methyl sites for hydroxylation is 1. The quantitative estimate of drug-likeness (QED) is 0.892. The average Bonchev–Trinajstić information content (AvgIpc) is 2.34. The summed E-state index contributed by atoms with van der Waals surface area (Å²) in [7, 11) is 0. The van der Waals surface area contributed by atoms with Crippen LogP contribution in [0.2, 0.25) is 0 Å². The van der Waals surface area contributed by atoms with Crippen molar-refractivity contribution >= 4 is 5.97 Å². The Hall–Kier alpha value is -1.35. The fourth-order valence-corrected chi connectivity index (χ4v) is 2.73. The topological polar surface area (TPSA) is 40.5 Å². The maximum atomic E-state index is 11.6. The second-order valence-corrected chi connectivity index (χ2v) is 5.23. The van der Waals surface area contributed by atoms with Gasteiger partial charge < -0.3 is 5.11 Å². The molecule has 1 heterocycles. The summed E-state index contributed by atoms with van der Waals surface area (Å²) in [6, 6.07) is 7.70. The van der Waals surface area contributed by atoms with Gasteiger partial charge in [0, 0.05) is 6.04 Å². The summed E-state index contributed by atoms with van der Waals surface area (Å²) in [5.74, 6) is -0.743. The highest BCUT2D eigenvalue weighted by molar-refractivity contribution is 5.75. The smallest absolute Gasteiger partial charge is 0.325 e. The van der Waals surface area contributed by atoms with E-state index in [4.69, 9.17) is 0 Å². The number of rotatable bonds is 3. The third-order valence-corrected chi connectivity index (χ3v) is 3.81. The predicted molar refractivity (Wildman–Crippen MR) is 71.6 cm³/mol. The van der Waals surface area contributed by atoms with Crippen molar-refractivity contribution in [1.29, 1.82) is 0 Å². The average molecular weight is 247 g/mol. The van der Waals surface area contributed by atoms with Crippen molar-refractivity contribution in [2.24, 2.45) is 0 Å². The molecule has 1 aromatic carbocycles. The highest BCUT2D eigenvalue weighted by Gasteiger charge is 2.32. The van der Waals surface area contributed by atoms with E-state index >= 15 is 0 Å². The van der Waals surface area contributed by atoms with Crippen LogP contribution in [0.5, 0.6) is 0 Å². The van der Waals surface area contributed by atoms with E-state index in [0.29, 0.717) is 6.04 Å². The minimum atomic E-state index is -0.743. The Balaban J connectivity index is 2.27. The van der Waals surface area contributed by atoms with Gasteiger partial charge in [0.25, 0.3) is 0 Å². The van der Waals surface area contributed by atoms with E-state index in [1.807, 2.05) is 31.2 Å². The normalized spacial score (nSPS) is 22.7. The van der Waals surface area contributed by atoms with Gasteiger partial charge in [0.1, 0.15) is 6.04 Å². The number of nitrogens with zero attached hydrogens (tertiary/aromatic N) is 1. The first-order chi connectivity index (χ1) is 8.59. The largest absolute Gasteiger partial charge is 0.480 e. The third-order valence-electron chi connectivity index (χ3n) is 3.81. The van der Waals surface area contributed by atoms with Crippen LogP contribution in [0.15, 0.2) is 24.3 Å². The molecule has 2 rings (SSSR count). The summed E-state index contributed by atoms with van der Waals surface area (Å²) < 4.78 is 0. The van der Waals surface area contributed by atoms with Crippen molar-refractivity contribution in [3.8, 4) is 0 Å². The van der Waals surface area contributed by atoms with E-state index in [9.17, 15) is 9.90 Å². The third kappa shape index (κ3) is 2.72. The van der Waals surface area contributed by atoms with Gasteiger partial charge >= 0.3 is 5.97 Å². The van der Waals surface area contributed by atoms with Crippen LogP contribution in [0, 0.1) is 6.92 Å². The standard InChI is InChI=1S/C15H21NO2/c1-11-6-8-13(9-7-11)14(15(17)18)16-10-4-3-5-12(16)2/h6-9,12,14H,3-5,10H2,1-2H3,(H,17,18). The van der Waals surface area contributed by atoms with Crippen LogP contribution >= 0.6 is 0 Å². The van der Waals surface area contributed by atoms with Crippen LogP contribution in [0.3, 0.4) is 0 Å². The molecule has 1 N–H and O–H groups in total. The van der Waals surface area contributed by atoms with Crippen molar-refractivity contribution in [3.05, 3.63) is 35.4 Å². The Labute approximate surface area is 108 Å². The van der Waals surface area contributed by atoms with Gasteiger partial charge in [-0.3, -0.25) is 9.69 Å². The number of aliphatic carboxylic acids is 1. The van der Waals surface area contributed by atoms with Gasteiger partial charge in [-0.1, -0.05) is 36.2 Å². The minimum Gasteiger partial charge on any atom is -0.480 e. The van der Waals surface area contributed by atoms with E-state index in [2.05, 4.69) is 11.8 Å². The number of carboxylic acid groups (broad SMARTS) is 1. The molecule has 1 saturated heterocycles. The number of benzene rings is 1. The molecular formula is C15H21NO2. The molecule has 0 bridgehead atoms. The lowest BCUT2D eigenvalue weighted by molar-refractivity contribution is -0.145. The molecule has 1 aliphatic rings. The molecule has 3 nitrogen and oxygen atoms in total.